The van der Waals surface area contributed by atoms with Gasteiger partial charge in [0.25, 0.3) is 0 Å². The minimum absolute atomic E-state index is 0.148. The van der Waals surface area contributed by atoms with Crippen molar-refractivity contribution in [1.29, 1.82) is 0 Å². The average molecular weight is 258 g/mol. The van der Waals surface area contributed by atoms with Gasteiger partial charge in [0.1, 0.15) is 6.54 Å². The molecule has 100 valence electrons. The lowest BCUT2D eigenvalue weighted by molar-refractivity contribution is -0.135. The van der Waals surface area contributed by atoms with Gasteiger partial charge >= 0.3 is 5.97 Å². The lowest BCUT2D eigenvalue weighted by atomic mass is 9.95. The number of hydrogen-bond acceptors (Lipinski definition) is 3. The first-order valence-electron chi connectivity index (χ1n) is 6.44. The summed E-state index contributed by atoms with van der Waals surface area (Å²) in [6, 6.07) is 9.99. The summed E-state index contributed by atoms with van der Waals surface area (Å²) in [5, 5.41) is 12.1. The number of allylic oxidation sites excluding steroid dienone is 2. The van der Waals surface area contributed by atoms with E-state index in [1.807, 2.05) is 37.3 Å². The van der Waals surface area contributed by atoms with E-state index in [0.717, 1.165) is 41.9 Å². The standard InChI is InChI=1S/C15H18N2O2/c1-11-13(16-10-15(18)19)8-5-9-14(11)17-12-6-3-2-4-7-12/h2-4,6-7,17H,5,8-10H2,1H3,(H,18,19). The van der Waals surface area contributed by atoms with Gasteiger partial charge in [-0.1, -0.05) is 18.2 Å². The Kier molecular flexibility index (Phi) is 4.34. The highest BCUT2D eigenvalue weighted by Crippen LogP contribution is 2.24. The second kappa shape index (κ2) is 6.18. The van der Waals surface area contributed by atoms with Gasteiger partial charge in [0.15, 0.2) is 0 Å². The molecule has 0 amide bonds. The number of benzene rings is 1. The molecule has 0 spiro atoms. The summed E-state index contributed by atoms with van der Waals surface area (Å²) >= 11 is 0. The van der Waals surface area contributed by atoms with Crippen LogP contribution in [0.15, 0.2) is 46.6 Å². The normalized spacial score (nSPS) is 17.6. The number of nitrogens with one attached hydrogen (secondary N) is 1. The molecule has 0 atom stereocenters. The van der Waals surface area contributed by atoms with Crippen LogP contribution < -0.4 is 5.32 Å². The molecule has 0 aliphatic heterocycles. The van der Waals surface area contributed by atoms with Gasteiger partial charge in [-0.05, 0) is 43.9 Å². The minimum Gasteiger partial charge on any atom is -0.480 e. The van der Waals surface area contributed by atoms with E-state index in [4.69, 9.17) is 5.11 Å². The Labute approximate surface area is 112 Å². The molecule has 4 nitrogen and oxygen atoms in total. The molecule has 0 fully saturated rings. The number of para-hydroxylation sites is 1. The summed E-state index contributed by atoms with van der Waals surface area (Å²) < 4.78 is 0. The molecule has 1 aliphatic rings. The third-order valence-electron chi connectivity index (χ3n) is 3.20. The van der Waals surface area contributed by atoms with Crippen molar-refractivity contribution in [3.8, 4) is 0 Å². The van der Waals surface area contributed by atoms with Gasteiger partial charge in [-0.2, -0.15) is 0 Å². The number of anilines is 1. The smallest absolute Gasteiger partial charge is 0.325 e. The van der Waals surface area contributed by atoms with Crippen molar-refractivity contribution in [2.75, 3.05) is 11.9 Å². The van der Waals surface area contributed by atoms with E-state index in [1.165, 1.54) is 0 Å². The molecule has 1 aromatic carbocycles. The van der Waals surface area contributed by atoms with Gasteiger partial charge in [-0.3, -0.25) is 9.79 Å². The van der Waals surface area contributed by atoms with Crippen LogP contribution in [-0.2, 0) is 4.79 Å². The summed E-state index contributed by atoms with van der Waals surface area (Å²) in [4.78, 5) is 14.8. The lowest BCUT2D eigenvalue weighted by Gasteiger charge is -2.21. The molecule has 0 unspecified atom stereocenters. The third kappa shape index (κ3) is 3.68. The molecule has 1 aliphatic carbocycles. The van der Waals surface area contributed by atoms with Crippen LogP contribution in [0.3, 0.4) is 0 Å². The zero-order valence-corrected chi connectivity index (χ0v) is 11.0. The van der Waals surface area contributed by atoms with Crippen LogP contribution >= 0.6 is 0 Å². The van der Waals surface area contributed by atoms with Crippen molar-refractivity contribution in [3.63, 3.8) is 0 Å². The topological polar surface area (TPSA) is 61.7 Å². The zero-order chi connectivity index (χ0) is 13.7. The average Bonchev–Trinajstić information content (AvgIpc) is 2.41. The third-order valence-corrected chi connectivity index (χ3v) is 3.20. The Morgan fingerprint density at radius 1 is 1.32 bits per heavy atom. The summed E-state index contributed by atoms with van der Waals surface area (Å²) in [6.45, 7) is 1.86. The van der Waals surface area contributed by atoms with Gasteiger partial charge < -0.3 is 10.4 Å². The monoisotopic (exact) mass is 258 g/mol. The number of aliphatic carboxylic acids is 1. The largest absolute Gasteiger partial charge is 0.480 e. The van der Waals surface area contributed by atoms with Crippen LogP contribution in [0.1, 0.15) is 26.2 Å². The Balaban J connectivity index is 2.16. The van der Waals surface area contributed by atoms with E-state index in [-0.39, 0.29) is 6.54 Å². The van der Waals surface area contributed by atoms with Crippen molar-refractivity contribution < 1.29 is 9.90 Å². The fourth-order valence-electron chi connectivity index (χ4n) is 2.19. The first-order chi connectivity index (χ1) is 9.16. The summed E-state index contributed by atoms with van der Waals surface area (Å²) in [6.07, 6.45) is 2.84. The number of rotatable bonds is 4. The number of carboxylic acid groups (broad SMARTS) is 1. The molecule has 1 aromatic rings. The molecule has 0 heterocycles. The number of aliphatic imine (C=N–C) groups is 1. The second-order valence-electron chi connectivity index (χ2n) is 4.60. The summed E-state index contributed by atoms with van der Waals surface area (Å²) in [5.41, 5.74) is 4.18. The predicted molar refractivity (Wildman–Crippen MR) is 76.6 cm³/mol. The highest BCUT2D eigenvalue weighted by molar-refractivity contribution is 6.02. The van der Waals surface area contributed by atoms with Crippen LogP contribution in [0.4, 0.5) is 5.69 Å². The Morgan fingerprint density at radius 2 is 2.05 bits per heavy atom. The summed E-state index contributed by atoms with van der Waals surface area (Å²) in [7, 11) is 0. The van der Waals surface area contributed by atoms with Crippen molar-refractivity contribution in [2.24, 2.45) is 4.99 Å². The maximum Gasteiger partial charge on any atom is 0.325 e. The second-order valence-corrected chi connectivity index (χ2v) is 4.60. The Morgan fingerprint density at radius 3 is 2.74 bits per heavy atom. The van der Waals surface area contributed by atoms with Crippen molar-refractivity contribution in [2.45, 2.75) is 26.2 Å². The van der Waals surface area contributed by atoms with Crippen LogP contribution in [0, 0.1) is 0 Å². The van der Waals surface area contributed by atoms with E-state index >= 15 is 0 Å². The fraction of sp³-hybridized carbons (Fsp3) is 0.333. The van der Waals surface area contributed by atoms with E-state index in [2.05, 4.69) is 10.3 Å². The molecule has 2 rings (SSSR count). The zero-order valence-electron chi connectivity index (χ0n) is 11.0. The van der Waals surface area contributed by atoms with Crippen LogP contribution in [0.25, 0.3) is 0 Å². The molecule has 0 saturated heterocycles. The first-order valence-corrected chi connectivity index (χ1v) is 6.44. The Bertz CT molecular complexity index is 518. The molecule has 4 heteroatoms. The predicted octanol–water partition coefficient (Wildman–Crippen LogP) is 3.08. The van der Waals surface area contributed by atoms with Gasteiger partial charge in [-0.15, -0.1) is 0 Å². The van der Waals surface area contributed by atoms with E-state index in [0.29, 0.717) is 0 Å². The van der Waals surface area contributed by atoms with Crippen molar-refractivity contribution in [1.82, 2.24) is 0 Å². The van der Waals surface area contributed by atoms with E-state index < -0.39 is 5.97 Å². The van der Waals surface area contributed by atoms with Gasteiger partial charge in [0, 0.05) is 17.1 Å². The van der Waals surface area contributed by atoms with Crippen molar-refractivity contribution in [3.05, 3.63) is 41.6 Å². The molecular formula is C15H18N2O2. The van der Waals surface area contributed by atoms with E-state index in [9.17, 15) is 4.79 Å². The van der Waals surface area contributed by atoms with Gasteiger partial charge in [0.2, 0.25) is 0 Å². The molecule has 2 N–H and O–H groups in total. The van der Waals surface area contributed by atoms with Gasteiger partial charge in [-0.25, -0.2) is 0 Å². The highest BCUT2D eigenvalue weighted by Gasteiger charge is 2.15. The Hall–Kier alpha value is -2.10. The van der Waals surface area contributed by atoms with Crippen LogP contribution in [0.2, 0.25) is 0 Å². The fourth-order valence-corrected chi connectivity index (χ4v) is 2.19. The number of nitrogens with zero attached hydrogens (tertiary/aromatic N) is 1. The van der Waals surface area contributed by atoms with Crippen LogP contribution in [-0.4, -0.2) is 23.3 Å². The molecule has 0 radical (unpaired) electrons. The molecular weight excluding hydrogens is 240 g/mol. The summed E-state index contributed by atoms with van der Waals surface area (Å²) in [5.74, 6) is -0.886. The number of hydrogen-bond donors (Lipinski definition) is 2. The van der Waals surface area contributed by atoms with Crippen LogP contribution in [0.5, 0.6) is 0 Å². The van der Waals surface area contributed by atoms with Crippen molar-refractivity contribution >= 4 is 17.4 Å². The molecule has 0 aromatic heterocycles. The SMILES string of the molecule is CC1=C(Nc2ccccc2)CCCC1=NCC(=O)O. The minimum atomic E-state index is -0.886. The van der Waals surface area contributed by atoms with Gasteiger partial charge in [0.05, 0.1) is 0 Å². The molecule has 19 heavy (non-hydrogen) atoms. The number of carbonyl (C=O) groups is 1. The maximum absolute atomic E-state index is 10.6. The maximum atomic E-state index is 10.6. The quantitative estimate of drug-likeness (QED) is 0.872. The highest BCUT2D eigenvalue weighted by atomic mass is 16.4. The molecule has 0 saturated carbocycles. The number of carboxylic acids is 1. The van der Waals surface area contributed by atoms with E-state index in [1.54, 1.807) is 0 Å². The molecule has 0 bridgehead atoms. The first kappa shape index (κ1) is 13.3. The lowest BCUT2D eigenvalue weighted by Crippen LogP contribution is -2.16.